The molecule has 10 heteroatoms. The van der Waals surface area contributed by atoms with Crippen LogP contribution in [0.4, 0.5) is 5.69 Å². The number of hydrogen-bond donors (Lipinski definition) is 1. The Labute approximate surface area is 218 Å². The smallest absolute Gasteiger partial charge is 0.244 e. The largest absolute Gasteiger partial charge is 0.354 e. The molecule has 1 atom stereocenters. The molecule has 0 radical (unpaired) electrons. The molecule has 1 N–H and O–H groups in total. The van der Waals surface area contributed by atoms with Gasteiger partial charge in [-0.1, -0.05) is 61.7 Å². The number of nitrogens with zero attached hydrogens (tertiary/aromatic N) is 2. The molecule has 0 spiro atoms. The van der Waals surface area contributed by atoms with E-state index >= 15 is 0 Å². The second-order valence-electron chi connectivity index (χ2n) is 8.38. The molecule has 2 aromatic carbocycles. The first-order chi connectivity index (χ1) is 16.5. The first kappa shape index (κ1) is 28.9. The monoisotopic (exact) mass is 541 g/mol. The maximum atomic E-state index is 13.7. The van der Waals surface area contributed by atoms with Crippen LogP contribution in [0.3, 0.4) is 0 Å². The highest BCUT2D eigenvalue weighted by molar-refractivity contribution is 7.92. The number of anilines is 1. The molecule has 0 aliphatic carbocycles. The third kappa shape index (κ3) is 8.12. The molecule has 2 rings (SSSR count). The van der Waals surface area contributed by atoms with Crippen molar-refractivity contribution < 1.29 is 18.0 Å². The first-order valence-corrected chi connectivity index (χ1v) is 14.1. The van der Waals surface area contributed by atoms with E-state index < -0.39 is 28.5 Å². The van der Waals surface area contributed by atoms with E-state index in [-0.39, 0.29) is 12.5 Å². The predicted octanol–water partition coefficient (Wildman–Crippen LogP) is 4.79. The van der Waals surface area contributed by atoms with Crippen LogP contribution >= 0.6 is 23.2 Å². The van der Waals surface area contributed by atoms with Crippen LogP contribution in [0.25, 0.3) is 0 Å². The summed E-state index contributed by atoms with van der Waals surface area (Å²) in [6.45, 7) is 5.66. The lowest BCUT2D eigenvalue weighted by atomic mass is 10.1. The molecule has 35 heavy (non-hydrogen) atoms. The molecule has 2 aromatic rings. The number of unbranched alkanes of at least 4 members (excludes halogenated alkanes) is 1. The highest BCUT2D eigenvalue weighted by atomic mass is 35.5. The van der Waals surface area contributed by atoms with Gasteiger partial charge in [0.1, 0.15) is 12.6 Å². The third-order valence-corrected chi connectivity index (χ3v) is 7.35. The zero-order chi connectivity index (χ0) is 26.2. The summed E-state index contributed by atoms with van der Waals surface area (Å²) in [7, 11) is -3.82. The van der Waals surface area contributed by atoms with Gasteiger partial charge >= 0.3 is 0 Å². The second kappa shape index (κ2) is 13.1. The Hall–Kier alpha value is -2.29. The molecule has 192 valence electrons. The van der Waals surface area contributed by atoms with Crippen LogP contribution in [-0.2, 0) is 26.2 Å². The Kier molecular flexibility index (Phi) is 10.9. The van der Waals surface area contributed by atoms with Crippen LogP contribution in [0.1, 0.15) is 44.2 Å². The van der Waals surface area contributed by atoms with Crippen LogP contribution in [0.2, 0.25) is 10.0 Å². The topological polar surface area (TPSA) is 86.8 Å². The summed E-state index contributed by atoms with van der Waals surface area (Å²) in [5.74, 6) is -0.794. The van der Waals surface area contributed by atoms with Gasteiger partial charge in [-0.15, -0.1) is 0 Å². The zero-order valence-electron chi connectivity index (χ0n) is 20.6. The lowest BCUT2D eigenvalue weighted by Gasteiger charge is -2.33. The van der Waals surface area contributed by atoms with Crippen molar-refractivity contribution in [2.45, 2.75) is 52.6 Å². The minimum Gasteiger partial charge on any atom is -0.354 e. The normalized spacial score (nSPS) is 12.2. The number of sulfonamides is 1. The lowest BCUT2D eigenvalue weighted by Crippen LogP contribution is -2.52. The van der Waals surface area contributed by atoms with Gasteiger partial charge in [-0.2, -0.15) is 0 Å². The molecule has 0 fully saturated rings. The minimum atomic E-state index is -3.82. The molecule has 0 aliphatic heterocycles. The van der Waals surface area contributed by atoms with Crippen LogP contribution in [-0.4, -0.2) is 50.5 Å². The Morgan fingerprint density at radius 2 is 1.77 bits per heavy atom. The molecule has 1 unspecified atom stereocenters. The SMILES string of the molecule is CCCCNC(=O)C(CC)N(Cc1ccccc1Cl)C(=O)CN(c1ccc(Cl)cc1C)S(C)(=O)=O. The lowest BCUT2D eigenvalue weighted by molar-refractivity contribution is -0.140. The number of benzene rings is 2. The molecular weight excluding hydrogens is 509 g/mol. The number of carbonyl (C=O) groups excluding carboxylic acids is 2. The van der Waals surface area contributed by atoms with E-state index in [0.29, 0.717) is 39.8 Å². The van der Waals surface area contributed by atoms with Crippen molar-refractivity contribution in [2.24, 2.45) is 0 Å². The van der Waals surface area contributed by atoms with Crippen molar-refractivity contribution in [3.8, 4) is 0 Å². The van der Waals surface area contributed by atoms with Gasteiger partial charge in [0.05, 0.1) is 11.9 Å². The summed E-state index contributed by atoms with van der Waals surface area (Å²) in [6.07, 6.45) is 3.13. The maximum absolute atomic E-state index is 13.7. The van der Waals surface area contributed by atoms with Crippen molar-refractivity contribution in [3.63, 3.8) is 0 Å². The predicted molar refractivity (Wildman–Crippen MR) is 142 cm³/mol. The summed E-state index contributed by atoms with van der Waals surface area (Å²) in [5.41, 5.74) is 1.62. The van der Waals surface area contributed by atoms with Gasteiger partial charge in [0.2, 0.25) is 21.8 Å². The van der Waals surface area contributed by atoms with Gasteiger partial charge in [0, 0.05) is 23.1 Å². The van der Waals surface area contributed by atoms with Crippen molar-refractivity contribution in [3.05, 3.63) is 63.6 Å². The van der Waals surface area contributed by atoms with Gasteiger partial charge in [0.15, 0.2) is 0 Å². The number of aryl methyl sites for hydroxylation is 1. The van der Waals surface area contributed by atoms with Gasteiger partial charge in [0.25, 0.3) is 0 Å². The first-order valence-electron chi connectivity index (χ1n) is 11.5. The quantitative estimate of drug-likeness (QED) is 0.391. The van der Waals surface area contributed by atoms with Crippen LogP contribution in [0.15, 0.2) is 42.5 Å². The molecule has 2 amide bonds. The van der Waals surface area contributed by atoms with Crippen LogP contribution in [0.5, 0.6) is 0 Å². The van der Waals surface area contributed by atoms with Crippen molar-refractivity contribution in [2.75, 3.05) is 23.7 Å². The maximum Gasteiger partial charge on any atom is 0.244 e. The fourth-order valence-electron chi connectivity index (χ4n) is 3.73. The summed E-state index contributed by atoms with van der Waals surface area (Å²) in [4.78, 5) is 28.1. The molecule has 7 nitrogen and oxygen atoms in total. The second-order valence-corrected chi connectivity index (χ2v) is 11.1. The van der Waals surface area contributed by atoms with E-state index in [1.807, 2.05) is 13.8 Å². The van der Waals surface area contributed by atoms with Crippen molar-refractivity contribution >= 4 is 50.7 Å². The Bertz CT molecular complexity index is 1140. The Balaban J connectivity index is 2.45. The van der Waals surface area contributed by atoms with E-state index in [1.165, 1.54) is 4.90 Å². The molecule has 0 heterocycles. The van der Waals surface area contributed by atoms with E-state index in [9.17, 15) is 18.0 Å². The molecule has 0 bridgehead atoms. The highest BCUT2D eigenvalue weighted by Crippen LogP contribution is 2.26. The molecule has 0 saturated carbocycles. The van der Waals surface area contributed by atoms with E-state index in [1.54, 1.807) is 49.4 Å². The van der Waals surface area contributed by atoms with Gasteiger partial charge in [-0.05, 0) is 55.2 Å². The summed E-state index contributed by atoms with van der Waals surface area (Å²) in [5, 5.41) is 3.81. The standard InChI is InChI=1S/C25H33Cl2N3O4S/c1-5-7-14-28-25(32)22(6-2)29(16-19-10-8-9-11-21(19)27)24(31)17-30(35(4,33)34)23-13-12-20(26)15-18(23)3/h8-13,15,22H,5-7,14,16-17H2,1-4H3,(H,28,32). The average molecular weight is 543 g/mol. The number of carbonyl (C=O) groups is 2. The van der Waals surface area contributed by atoms with Gasteiger partial charge in [-0.25, -0.2) is 8.42 Å². The summed E-state index contributed by atoms with van der Waals surface area (Å²) in [6, 6.07) is 11.1. The number of amides is 2. The number of halogens is 2. The number of nitrogens with one attached hydrogen (secondary N) is 1. The Morgan fingerprint density at radius 1 is 1.09 bits per heavy atom. The fourth-order valence-corrected chi connectivity index (χ4v) is 5.06. The zero-order valence-corrected chi connectivity index (χ0v) is 22.9. The molecule has 0 aromatic heterocycles. The number of hydrogen-bond acceptors (Lipinski definition) is 4. The van der Waals surface area contributed by atoms with E-state index in [2.05, 4.69) is 5.32 Å². The van der Waals surface area contributed by atoms with Crippen molar-refractivity contribution in [1.29, 1.82) is 0 Å². The fraction of sp³-hybridized carbons (Fsp3) is 0.440. The van der Waals surface area contributed by atoms with Gasteiger partial charge in [-0.3, -0.25) is 13.9 Å². The minimum absolute atomic E-state index is 0.0649. The third-order valence-electron chi connectivity index (χ3n) is 5.62. The molecule has 0 saturated heterocycles. The Morgan fingerprint density at radius 3 is 2.34 bits per heavy atom. The molecule has 0 aliphatic rings. The van der Waals surface area contributed by atoms with Crippen molar-refractivity contribution in [1.82, 2.24) is 10.2 Å². The number of rotatable bonds is 12. The average Bonchev–Trinajstić information content (AvgIpc) is 2.78. The van der Waals surface area contributed by atoms with E-state index in [0.717, 1.165) is 23.4 Å². The van der Waals surface area contributed by atoms with Gasteiger partial charge < -0.3 is 10.2 Å². The van der Waals surface area contributed by atoms with E-state index in [4.69, 9.17) is 23.2 Å². The molecular formula is C25H33Cl2N3O4S. The summed E-state index contributed by atoms with van der Waals surface area (Å²) < 4.78 is 26.5. The highest BCUT2D eigenvalue weighted by Gasteiger charge is 2.32. The van der Waals surface area contributed by atoms with Crippen LogP contribution in [0, 0.1) is 6.92 Å². The van der Waals surface area contributed by atoms with Crippen LogP contribution < -0.4 is 9.62 Å². The summed E-state index contributed by atoms with van der Waals surface area (Å²) >= 11 is 12.4.